The average molecular weight is 347 g/mol. The van der Waals surface area contributed by atoms with Crippen LogP contribution in [0.4, 0.5) is 5.69 Å². The van der Waals surface area contributed by atoms with E-state index >= 15 is 0 Å². The molecule has 2 rings (SSSR count). The summed E-state index contributed by atoms with van der Waals surface area (Å²) in [7, 11) is 1.59. The third-order valence-electron chi connectivity index (χ3n) is 4.14. The molecule has 0 aliphatic carbocycles. The number of nitrogens with zero attached hydrogens (tertiary/aromatic N) is 1. The quantitative estimate of drug-likeness (QED) is 0.759. The van der Waals surface area contributed by atoms with Crippen molar-refractivity contribution in [3.8, 4) is 0 Å². The van der Waals surface area contributed by atoms with Gasteiger partial charge in [-0.1, -0.05) is 0 Å². The minimum atomic E-state index is -0.187. The van der Waals surface area contributed by atoms with Gasteiger partial charge in [-0.2, -0.15) is 0 Å². The Bertz CT molecular complexity index is 615. The van der Waals surface area contributed by atoms with Gasteiger partial charge in [-0.25, -0.2) is 0 Å². The second kappa shape index (κ2) is 9.17. The molecule has 2 N–H and O–H groups in total. The van der Waals surface area contributed by atoms with Crippen LogP contribution in [0, 0.1) is 5.92 Å². The van der Waals surface area contributed by atoms with Crippen molar-refractivity contribution in [1.82, 2.24) is 10.2 Å². The molecule has 1 heterocycles. The van der Waals surface area contributed by atoms with E-state index in [2.05, 4.69) is 10.6 Å². The molecule has 1 atom stereocenters. The first-order valence-corrected chi connectivity index (χ1v) is 8.45. The molecule has 0 aromatic heterocycles. The van der Waals surface area contributed by atoms with Crippen LogP contribution in [0.1, 0.15) is 30.1 Å². The Morgan fingerprint density at radius 3 is 2.60 bits per heavy atom. The minimum Gasteiger partial charge on any atom is -0.383 e. The molecule has 0 saturated carbocycles. The summed E-state index contributed by atoms with van der Waals surface area (Å²) in [5, 5.41) is 5.51. The molecule has 1 unspecified atom stereocenters. The Morgan fingerprint density at radius 2 is 1.96 bits per heavy atom. The summed E-state index contributed by atoms with van der Waals surface area (Å²) in [6.07, 6.45) is 1.59. The monoisotopic (exact) mass is 347 g/mol. The summed E-state index contributed by atoms with van der Waals surface area (Å²) >= 11 is 0. The van der Waals surface area contributed by atoms with E-state index in [-0.39, 0.29) is 23.6 Å². The van der Waals surface area contributed by atoms with E-state index in [9.17, 15) is 14.4 Å². The van der Waals surface area contributed by atoms with Crippen molar-refractivity contribution in [3.63, 3.8) is 0 Å². The van der Waals surface area contributed by atoms with Crippen molar-refractivity contribution in [2.75, 3.05) is 38.7 Å². The number of hydrogen-bond acceptors (Lipinski definition) is 4. The molecule has 1 aromatic rings. The predicted octanol–water partition coefficient (Wildman–Crippen LogP) is 1.26. The van der Waals surface area contributed by atoms with E-state index in [4.69, 9.17) is 4.74 Å². The van der Waals surface area contributed by atoms with Crippen molar-refractivity contribution in [2.45, 2.75) is 19.8 Å². The molecule has 1 fully saturated rings. The minimum absolute atomic E-state index is 0.0319. The first kappa shape index (κ1) is 18.9. The lowest BCUT2D eigenvalue weighted by Crippen LogP contribution is -2.45. The van der Waals surface area contributed by atoms with Crippen LogP contribution in [-0.4, -0.2) is 56.0 Å². The van der Waals surface area contributed by atoms with E-state index in [1.807, 2.05) is 0 Å². The van der Waals surface area contributed by atoms with Crippen LogP contribution >= 0.6 is 0 Å². The smallest absolute Gasteiger partial charge is 0.253 e. The van der Waals surface area contributed by atoms with Crippen molar-refractivity contribution >= 4 is 23.4 Å². The summed E-state index contributed by atoms with van der Waals surface area (Å²) in [5.41, 5.74) is 1.20. The standard InChI is InChI=1S/C18H25N3O4/c1-13(22)20-16-7-5-14(6-8-16)18(24)21-10-3-4-15(12-21)17(23)19-9-11-25-2/h5-8,15H,3-4,9-12H2,1-2H3,(H,19,23)(H,20,22). The SMILES string of the molecule is COCCNC(=O)C1CCCN(C(=O)c2ccc(NC(C)=O)cc2)C1. The second-order valence-electron chi connectivity index (χ2n) is 6.13. The van der Waals surface area contributed by atoms with Gasteiger partial charge < -0.3 is 20.3 Å². The molecule has 1 aliphatic rings. The fourth-order valence-electron chi connectivity index (χ4n) is 2.88. The fraction of sp³-hybridized carbons (Fsp3) is 0.500. The number of methoxy groups -OCH3 is 1. The summed E-state index contributed by atoms with van der Waals surface area (Å²) in [4.78, 5) is 37.6. The lowest BCUT2D eigenvalue weighted by molar-refractivity contribution is -0.126. The summed E-state index contributed by atoms with van der Waals surface area (Å²) in [6, 6.07) is 6.78. The Morgan fingerprint density at radius 1 is 1.24 bits per heavy atom. The molecular formula is C18H25N3O4. The molecular weight excluding hydrogens is 322 g/mol. The molecule has 0 spiro atoms. The molecule has 3 amide bonds. The van der Waals surface area contributed by atoms with Crippen LogP contribution in [-0.2, 0) is 14.3 Å². The van der Waals surface area contributed by atoms with Gasteiger partial charge in [0.25, 0.3) is 5.91 Å². The zero-order chi connectivity index (χ0) is 18.2. The third kappa shape index (κ3) is 5.56. The van der Waals surface area contributed by atoms with Crippen LogP contribution in [0.25, 0.3) is 0 Å². The van der Waals surface area contributed by atoms with Gasteiger partial charge in [-0.15, -0.1) is 0 Å². The Balaban J connectivity index is 1.94. The van der Waals surface area contributed by atoms with Crippen molar-refractivity contribution in [1.29, 1.82) is 0 Å². The maximum atomic E-state index is 12.6. The Hall–Kier alpha value is -2.41. The number of anilines is 1. The number of amides is 3. The maximum Gasteiger partial charge on any atom is 0.253 e. The van der Waals surface area contributed by atoms with Gasteiger partial charge in [-0.05, 0) is 37.1 Å². The molecule has 0 bridgehead atoms. The van der Waals surface area contributed by atoms with E-state index < -0.39 is 0 Å². The Labute approximate surface area is 147 Å². The number of hydrogen-bond donors (Lipinski definition) is 2. The molecule has 7 heteroatoms. The summed E-state index contributed by atoms with van der Waals surface area (Å²) in [5.74, 6) is -0.468. The number of benzene rings is 1. The van der Waals surface area contributed by atoms with Crippen LogP contribution < -0.4 is 10.6 Å². The van der Waals surface area contributed by atoms with E-state index in [0.717, 1.165) is 12.8 Å². The predicted molar refractivity (Wildman–Crippen MR) is 94.3 cm³/mol. The molecule has 7 nitrogen and oxygen atoms in total. The van der Waals surface area contributed by atoms with Crippen molar-refractivity contribution < 1.29 is 19.1 Å². The highest BCUT2D eigenvalue weighted by molar-refractivity contribution is 5.96. The van der Waals surface area contributed by atoms with Crippen LogP contribution in [0.15, 0.2) is 24.3 Å². The fourth-order valence-corrected chi connectivity index (χ4v) is 2.88. The highest BCUT2D eigenvalue weighted by Crippen LogP contribution is 2.19. The number of nitrogens with one attached hydrogen (secondary N) is 2. The maximum absolute atomic E-state index is 12.6. The Kier molecular flexibility index (Phi) is 6.94. The third-order valence-corrected chi connectivity index (χ3v) is 4.14. The van der Waals surface area contributed by atoms with Crippen LogP contribution in [0.2, 0.25) is 0 Å². The normalized spacial score (nSPS) is 17.0. The summed E-state index contributed by atoms with van der Waals surface area (Å²) < 4.78 is 4.92. The van der Waals surface area contributed by atoms with Crippen molar-refractivity contribution in [2.24, 2.45) is 5.92 Å². The van der Waals surface area contributed by atoms with Gasteiger partial charge in [0.15, 0.2) is 0 Å². The first-order chi connectivity index (χ1) is 12.0. The van der Waals surface area contributed by atoms with E-state index in [1.165, 1.54) is 6.92 Å². The van der Waals surface area contributed by atoms with Gasteiger partial charge in [0.1, 0.15) is 0 Å². The van der Waals surface area contributed by atoms with Gasteiger partial charge in [-0.3, -0.25) is 14.4 Å². The number of ether oxygens (including phenoxy) is 1. The number of rotatable bonds is 6. The number of likely N-dealkylation sites (tertiary alicyclic amines) is 1. The van der Waals surface area contributed by atoms with Gasteiger partial charge in [0, 0.05) is 44.9 Å². The van der Waals surface area contributed by atoms with E-state index in [0.29, 0.717) is 37.5 Å². The van der Waals surface area contributed by atoms with Crippen molar-refractivity contribution in [3.05, 3.63) is 29.8 Å². The van der Waals surface area contributed by atoms with E-state index in [1.54, 1.807) is 36.3 Å². The zero-order valence-corrected chi connectivity index (χ0v) is 14.7. The number of carbonyl (C=O) groups is 3. The first-order valence-electron chi connectivity index (χ1n) is 8.45. The second-order valence-corrected chi connectivity index (χ2v) is 6.13. The van der Waals surface area contributed by atoms with Gasteiger partial charge in [0.2, 0.25) is 11.8 Å². The highest BCUT2D eigenvalue weighted by atomic mass is 16.5. The zero-order valence-electron chi connectivity index (χ0n) is 14.7. The largest absolute Gasteiger partial charge is 0.383 e. The number of piperidine rings is 1. The highest BCUT2D eigenvalue weighted by Gasteiger charge is 2.28. The average Bonchev–Trinajstić information content (AvgIpc) is 2.61. The lowest BCUT2D eigenvalue weighted by Gasteiger charge is -2.32. The molecule has 1 aliphatic heterocycles. The molecule has 1 aromatic carbocycles. The number of carbonyl (C=O) groups excluding carboxylic acids is 3. The van der Waals surface area contributed by atoms with Crippen LogP contribution in [0.3, 0.4) is 0 Å². The molecule has 1 saturated heterocycles. The van der Waals surface area contributed by atoms with Gasteiger partial charge >= 0.3 is 0 Å². The van der Waals surface area contributed by atoms with Crippen LogP contribution in [0.5, 0.6) is 0 Å². The topological polar surface area (TPSA) is 87.7 Å². The molecule has 25 heavy (non-hydrogen) atoms. The molecule has 0 radical (unpaired) electrons. The molecule has 136 valence electrons. The lowest BCUT2D eigenvalue weighted by atomic mass is 9.96. The van der Waals surface area contributed by atoms with Gasteiger partial charge in [0.05, 0.1) is 12.5 Å². The summed E-state index contributed by atoms with van der Waals surface area (Å²) in [6.45, 7) is 3.45.